The Labute approximate surface area is 291 Å². The second kappa shape index (κ2) is 15.6. The van der Waals surface area contributed by atoms with Crippen molar-refractivity contribution in [3.05, 3.63) is 131 Å². The van der Waals surface area contributed by atoms with Crippen molar-refractivity contribution >= 4 is 23.9 Å². The van der Waals surface area contributed by atoms with E-state index in [0.717, 1.165) is 27.1 Å². The fourth-order valence-electron chi connectivity index (χ4n) is 5.13. The SMILES string of the molecule is CN1CC=NC1c1cc(Sc2ccc(CCC(=O)O)cc2)ccc1Oc1c(F)cnc(Oc2cc(C#N)ccc2OCc2ccccc2)c1F. The summed E-state index contributed by atoms with van der Waals surface area (Å²) in [6.45, 7) is 0.760. The van der Waals surface area contributed by atoms with Crippen molar-refractivity contribution in [1.82, 2.24) is 9.88 Å². The number of carbonyl (C=O) groups is 1. The maximum atomic E-state index is 16.0. The van der Waals surface area contributed by atoms with Crippen molar-refractivity contribution in [3.8, 4) is 34.9 Å². The Kier molecular flexibility index (Phi) is 10.7. The Bertz CT molecular complexity index is 2070. The lowest BCUT2D eigenvalue weighted by Crippen LogP contribution is -2.19. The number of ether oxygens (including phenoxy) is 3. The van der Waals surface area contributed by atoms with Gasteiger partial charge in [-0.2, -0.15) is 9.65 Å². The average molecular weight is 693 g/mol. The van der Waals surface area contributed by atoms with Crippen LogP contribution in [0.15, 0.2) is 112 Å². The Morgan fingerprint density at radius 2 is 1.72 bits per heavy atom. The van der Waals surface area contributed by atoms with E-state index in [1.807, 2.05) is 78.7 Å². The molecule has 0 radical (unpaired) electrons. The van der Waals surface area contributed by atoms with Gasteiger partial charge in [0.2, 0.25) is 11.6 Å². The van der Waals surface area contributed by atoms with Crippen LogP contribution in [0.4, 0.5) is 8.78 Å². The van der Waals surface area contributed by atoms with Crippen LogP contribution in [-0.2, 0) is 17.8 Å². The first-order valence-electron chi connectivity index (χ1n) is 15.5. The van der Waals surface area contributed by atoms with Gasteiger partial charge in [0, 0.05) is 40.6 Å². The van der Waals surface area contributed by atoms with Crippen molar-refractivity contribution in [2.24, 2.45) is 4.99 Å². The summed E-state index contributed by atoms with van der Waals surface area (Å²) >= 11 is 1.47. The molecule has 9 nitrogen and oxygen atoms in total. The van der Waals surface area contributed by atoms with E-state index in [0.29, 0.717) is 18.5 Å². The number of aliphatic imine (C=N–C) groups is 1. The van der Waals surface area contributed by atoms with Crippen molar-refractivity contribution in [2.45, 2.75) is 35.4 Å². The molecule has 6 rings (SSSR count). The number of carboxylic acid groups (broad SMARTS) is 1. The number of aryl methyl sites for hydroxylation is 1. The number of hydrogen-bond acceptors (Lipinski definition) is 9. The fourth-order valence-corrected chi connectivity index (χ4v) is 5.99. The number of pyridine rings is 1. The topological polar surface area (TPSA) is 117 Å². The van der Waals surface area contributed by atoms with Crippen LogP contribution in [0.25, 0.3) is 0 Å². The molecule has 1 aliphatic rings. The van der Waals surface area contributed by atoms with Crippen LogP contribution < -0.4 is 14.2 Å². The highest BCUT2D eigenvalue weighted by Gasteiger charge is 2.27. The van der Waals surface area contributed by atoms with Gasteiger partial charge in [0.05, 0.1) is 17.8 Å². The van der Waals surface area contributed by atoms with Gasteiger partial charge in [-0.05, 0) is 67.1 Å². The van der Waals surface area contributed by atoms with E-state index < -0.39 is 35.4 Å². The van der Waals surface area contributed by atoms with Crippen molar-refractivity contribution in [3.63, 3.8) is 0 Å². The summed E-state index contributed by atoms with van der Waals surface area (Å²) < 4.78 is 48.9. The Balaban J connectivity index is 1.27. The van der Waals surface area contributed by atoms with E-state index in [4.69, 9.17) is 19.3 Å². The molecule has 2 heterocycles. The molecule has 0 fully saturated rings. The zero-order valence-electron chi connectivity index (χ0n) is 26.8. The highest BCUT2D eigenvalue weighted by molar-refractivity contribution is 7.99. The molecule has 0 aliphatic carbocycles. The average Bonchev–Trinajstić information content (AvgIpc) is 3.56. The molecule has 1 aliphatic heterocycles. The number of halogens is 2. The van der Waals surface area contributed by atoms with Crippen molar-refractivity contribution in [2.75, 3.05) is 13.6 Å². The standard InChI is InChI=1S/C38H30F2N4O5S/c1-44-18-17-42-37(44)29-20-28(50-27-11-7-24(8-12-27)10-16-34(45)46)13-15-31(29)48-36-30(39)22-43-38(35(36)40)49-33-19-26(21-41)9-14-32(33)47-23-25-5-3-2-4-6-25/h2-9,11-15,17,19-20,22,37H,10,16,18,23H2,1H3,(H,45,46). The lowest BCUT2D eigenvalue weighted by Gasteiger charge is -2.22. The molecule has 1 atom stereocenters. The lowest BCUT2D eigenvalue weighted by atomic mass is 10.1. The molecular formula is C38H30F2N4O5S. The second-order valence-corrected chi connectivity index (χ2v) is 12.4. The summed E-state index contributed by atoms with van der Waals surface area (Å²) in [6, 6.07) is 28.8. The van der Waals surface area contributed by atoms with Crippen LogP contribution in [0.1, 0.15) is 34.8 Å². The fraction of sp³-hybridized carbons (Fsp3) is 0.158. The van der Waals surface area contributed by atoms with E-state index >= 15 is 8.78 Å². The third kappa shape index (κ3) is 8.26. The predicted octanol–water partition coefficient (Wildman–Crippen LogP) is 8.58. The minimum atomic E-state index is -1.18. The third-order valence-electron chi connectivity index (χ3n) is 7.71. The summed E-state index contributed by atoms with van der Waals surface area (Å²) in [5.41, 5.74) is 2.62. The first-order valence-corrected chi connectivity index (χ1v) is 16.3. The predicted molar refractivity (Wildman–Crippen MR) is 183 cm³/mol. The number of rotatable bonds is 13. The number of benzene rings is 4. The zero-order chi connectivity index (χ0) is 35.0. The molecule has 0 spiro atoms. The minimum absolute atomic E-state index is 0.0165. The van der Waals surface area contributed by atoms with Gasteiger partial charge in [0.25, 0.3) is 5.88 Å². The van der Waals surface area contributed by atoms with Crippen LogP contribution in [0.2, 0.25) is 0 Å². The largest absolute Gasteiger partial charge is 0.485 e. The lowest BCUT2D eigenvalue weighted by molar-refractivity contribution is -0.136. The van der Waals surface area contributed by atoms with E-state index in [1.54, 1.807) is 24.4 Å². The van der Waals surface area contributed by atoms with E-state index in [9.17, 15) is 10.1 Å². The molecule has 0 amide bonds. The smallest absolute Gasteiger partial charge is 0.303 e. The molecule has 12 heteroatoms. The van der Waals surface area contributed by atoms with Gasteiger partial charge in [-0.25, -0.2) is 9.37 Å². The van der Waals surface area contributed by atoms with Gasteiger partial charge in [-0.15, -0.1) is 0 Å². The highest BCUT2D eigenvalue weighted by Crippen LogP contribution is 2.42. The number of carboxylic acids is 1. The first kappa shape index (κ1) is 34.1. The Morgan fingerprint density at radius 1 is 0.960 bits per heavy atom. The molecule has 50 heavy (non-hydrogen) atoms. The van der Waals surface area contributed by atoms with Gasteiger partial charge in [0.1, 0.15) is 18.5 Å². The number of aliphatic carboxylic acids is 1. The van der Waals surface area contributed by atoms with Gasteiger partial charge in [-0.1, -0.05) is 54.2 Å². The normalized spacial score (nSPS) is 13.9. The molecule has 0 saturated carbocycles. The second-order valence-electron chi connectivity index (χ2n) is 11.3. The van der Waals surface area contributed by atoms with Gasteiger partial charge >= 0.3 is 5.97 Å². The number of aromatic nitrogens is 1. The molecule has 0 bridgehead atoms. The molecule has 252 valence electrons. The summed E-state index contributed by atoms with van der Waals surface area (Å²) in [4.78, 5) is 23.0. The minimum Gasteiger partial charge on any atom is -0.485 e. The highest BCUT2D eigenvalue weighted by atomic mass is 32.2. The van der Waals surface area contributed by atoms with Crippen molar-refractivity contribution < 1.29 is 32.9 Å². The maximum Gasteiger partial charge on any atom is 0.303 e. The first-order chi connectivity index (χ1) is 24.3. The van der Waals surface area contributed by atoms with Crippen LogP contribution >= 0.6 is 11.8 Å². The molecular weight excluding hydrogens is 663 g/mol. The van der Waals surface area contributed by atoms with E-state index in [2.05, 4.69) is 9.98 Å². The molecule has 1 unspecified atom stereocenters. The van der Waals surface area contributed by atoms with Gasteiger partial charge in [-0.3, -0.25) is 14.7 Å². The van der Waals surface area contributed by atoms with Crippen LogP contribution in [0, 0.1) is 23.0 Å². The summed E-state index contributed by atoms with van der Waals surface area (Å²) in [5.74, 6) is -3.94. The Morgan fingerprint density at radius 3 is 2.44 bits per heavy atom. The van der Waals surface area contributed by atoms with E-state index in [-0.39, 0.29) is 35.8 Å². The quantitative estimate of drug-likeness (QED) is 0.129. The number of hydrogen-bond donors (Lipinski definition) is 1. The van der Waals surface area contributed by atoms with Crippen LogP contribution in [0.3, 0.4) is 0 Å². The molecule has 4 aromatic carbocycles. The third-order valence-corrected chi connectivity index (χ3v) is 8.71. The van der Waals surface area contributed by atoms with Crippen LogP contribution in [-0.4, -0.2) is 40.8 Å². The zero-order valence-corrected chi connectivity index (χ0v) is 27.6. The molecule has 1 N–H and O–H groups in total. The molecule has 1 aromatic heterocycles. The summed E-state index contributed by atoms with van der Waals surface area (Å²) in [5, 5.41) is 18.4. The van der Waals surface area contributed by atoms with E-state index in [1.165, 1.54) is 23.9 Å². The Hall–Kier alpha value is -5.77. The molecule has 0 saturated heterocycles. The molecule has 5 aromatic rings. The van der Waals surface area contributed by atoms with Gasteiger partial charge < -0.3 is 19.3 Å². The van der Waals surface area contributed by atoms with Gasteiger partial charge in [0.15, 0.2) is 17.3 Å². The summed E-state index contributed by atoms with van der Waals surface area (Å²) in [7, 11) is 1.88. The number of nitriles is 1. The maximum absolute atomic E-state index is 16.0. The monoisotopic (exact) mass is 692 g/mol. The summed E-state index contributed by atoms with van der Waals surface area (Å²) in [6.07, 6.45) is 2.59. The number of nitrogens with zero attached hydrogens (tertiary/aromatic N) is 4. The van der Waals surface area contributed by atoms with Crippen molar-refractivity contribution in [1.29, 1.82) is 5.26 Å². The van der Waals surface area contributed by atoms with Crippen LogP contribution in [0.5, 0.6) is 28.9 Å².